The van der Waals surface area contributed by atoms with Crippen LogP contribution in [-0.2, 0) is 9.59 Å². The molecular formula is C14H27N3O2. The molecule has 110 valence electrons. The molecule has 1 fully saturated rings. The van der Waals surface area contributed by atoms with Gasteiger partial charge in [0.05, 0.1) is 0 Å². The minimum absolute atomic E-state index is 0.0225. The number of piperidine rings is 1. The number of hydrogen-bond acceptors (Lipinski definition) is 3. The standard InChI is InChI=1S/C14H27N3O2/c1-11(9-15)3-4-14(19)17-7-5-13(6-8-17)10-16-12(2)18/h11,13H,3-10,15H2,1-2H3,(H,16,18). The Morgan fingerprint density at radius 2 is 2.00 bits per heavy atom. The molecule has 19 heavy (non-hydrogen) atoms. The molecule has 5 heteroatoms. The van der Waals surface area contributed by atoms with Crippen LogP contribution in [0.3, 0.4) is 0 Å². The molecule has 0 bridgehead atoms. The van der Waals surface area contributed by atoms with Crippen molar-refractivity contribution < 1.29 is 9.59 Å². The van der Waals surface area contributed by atoms with Crippen molar-refractivity contribution >= 4 is 11.8 Å². The Bertz CT molecular complexity index is 299. The first-order valence-corrected chi connectivity index (χ1v) is 7.25. The van der Waals surface area contributed by atoms with Crippen LogP contribution in [0.2, 0.25) is 0 Å². The highest BCUT2D eigenvalue weighted by atomic mass is 16.2. The summed E-state index contributed by atoms with van der Waals surface area (Å²) in [4.78, 5) is 24.8. The van der Waals surface area contributed by atoms with Crippen molar-refractivity contribution in [3.63, 3.8) is 0 Å². The van der Waals surface area contributed by atoms with Crippen molar-refractivity contribution in [2.45, 2.75) is 39.5 Å². The summed E-state index contributed by atoms with van der Waals surface area (Å²) in [6.45, 7) is 6.64. The fourth-order valence-corrected chi connectivity index (χ4v) is 2.32. The van der Waals surface area contributed by atoms with Gasteiger partial charge in [-0.1, -0.05) is 6.92 Å². The normalized spacial score (nSPS) is 18.2. The molecule has 2 amide bonds. The summed E-state index contributed by atoms with van der Waals surface area (Å²) >= 11 is 0. The molecule has 0 saturated carbocycles. The summed E-state index contributed by atoms with van der Waals surface area (Å²) < 4.78 is 0. The van der Waals surface area contributed by atoms with Crippen LogP contribution in [0.5, 0.6) is 0 Å². The first-order valence-electron chi connectivity index (χ1n) is 7.25. The monoisotopic (exact) mass is 269 g/mol. The van der Waals surface area contributed by atoms with Gasteiger partial charge < -0.3 is 16.0 Å². The molecule has 1 heterocycles. The van der Waals surface area contributed by atoms with Gasteiger partial charge in [-0.3, -0.25) is 9.59 Å². The Balaban J connectivity index is 2.21. The van der Waals surface area contributed by atoms with Gasteiger partial charge in [-0.15, -0.1) is 0 Å². The molecule has 0 spiro atoms. The molecular weight excluding hydrogens is 242 g/mol. The first-order chi connectivity index (χ1) is 9.02. The highest BCUT2D eigenvalue weighted by Crippen LogP contribution is 2.18. The third-order valence-corrected chi connectivity index (χ3v) is 3.86. The van der Waals surface area contributed by atoms with Crippen LogP contribution in [0.25, 0.3) is 0 Å². The third-order valence-electron chi connectivity index (χ3n) is 3.86. The summed E-state index contributed by atoms with van der Waals surface area (Å²) in [6.07, 6.45) is 3.45. The van der Waals surface area contributed by atoms with Crippen LogP contribution in [0.1, 0.15) is 39.5 Å². The van der Waals surface area contributed by atoms with E-state index in [1.807, 2.05) is 4.90 Å². The Hall–Kier alpha value is -1.10. The molecule has 1 aliphatic heterocycles. The Labute approximate surface area is 115 Å². The molecule has 5 nitrogen and oxygen atoms in total. The van der Waals surface area contributed by atoms with Crippen molar-refractivity contribution in [3.8, 4) is 0 Å². The lowest BCUT2D eigenvalue weighted by molar-refractivity contribution is -0.133. The van der Waals surface area contributed by atoms with Gasteiger partial charge in [0.1, 0.15) is 0 Å². The first kappa shape index (κ1) is 16.0. The quantitative estimate of drug-likeness (QED) is 0.746. The van der Waals surface area contributed by atoms with Crippen molar-refractivity contribution in [1.29, 1.82) is 0 Å². The Kier molecular flexibility index (Phi) is 6.84. The highest BCUT2D eigenvalue weighted by molar-refractivity contribution is 5.76. The number of nitrogens with zero attached hydrogens (tertiary/aromatic N) is 1. The number of likely N-dealkylation sites (tertiary alicyclic amines) is 1. The molecule has 0 aromatic carbocycles. The lowest BCUT2D eigenvalue weighted by atomic mass is 9.96. The van der Waals surface area contributed by atoms with E-state index in [0.717, 1.165) is 38.9 Å². The number of carbonyl (C=O) groups excluding carboxylic acids is 2. The Morgan fingerprint density at radius 3 is 2.53 bits per heavy atom. The van der Waals surface area contributed by atoms with Gasteiger partial charge in [0.2, 0.25) is 11.8 Å². The summed E-state index contributed by atoms with van der Waals surface area (Å²) in [5.41, 5.74) is 5.55. The zero-order valence-corrected chi connectivity index (χ0v) is 12.2. The van der Waals surface area contributed by atoms with Gasteiger partial charge in [-0.05, 0) is 37.6 Å². The second kappa shape index (κ2) is 8.15. The second-order valence-electron chi connectivity index (χ2n) is 5.64. The predicted octanol–water partition coefficient (Wildman–Crippen LogP) is 0.736. The minimum atomic E-state index is 0.0225. The van der Waals surface area contributed by atoms with E-state index < -0.39 is 0 Å². The van der Waals surface area contributed by atoms with Crippen LogP contribution in [0.15, 0.2) is 0 Å². The fourth-order valence-electron chi connectivity index (χ4n) is 2.32. The largest absolute Gasteiger partial charge is 0.356 e. The molecule has 1 unspecified atom stereocenters. The van der Waals surface area contributed by atoms with Crippen LogP contribution < -0.4 is 11.1 Å². The van der Waals surface area contributed by atoms with E-state index in [1.54, 1.807) is 0 Å². The number of hydrogen-bond donors (Lipinski definition) is 2. The summed E-state index contributed by atoms with van der Waals surface area (Å²) in [7, 11) is 0. The highest BCUT2D eigenvalue weighted by Gasteiger charge is 2.22. The van der Waals surface area contributed by atoms with Crippen LogP contribution in [-0.4, -0.2) is 42.9 Å². The molecule has 1 aliphatic rings. The van der Waals surface area contributed by atoms with Gasteiger partial charge in [0.25, 0.3) is 0 Å². The molecule has 1 atom stereocenters. The smallest absolute Gasteiger partial charge is 0.222 e. The van der Waals surface area contributed by atoms with Crippen molar-refractivity contribution in [2.24, 2.45) is 17.6 Å². The maximum absolute atomic E-state index is 12.0. The average Bonchev–Trinajstić information content (AvgIpc) is 2.42. The van der Waals surface area contributed by atoms with E-state index in [2.05, 4.69) is 12.2 Å². The lowest BCUT2D eigenvalue weighted by Crippen LogP contribution is -2.41. The van der Waals surface area contributed by atoms with Crippen molar-refractivity contribution in [3.05, 3.63) is 0 Å². The van der Waals surface area contributed by atoms with Crippen LogP contribution >= 0.6 is 0 Å². The van der Waals surface area contributed by atoms with Crippen molar-refractivity contribution in [2.75, 3.05) is 26.2 Å². The van der Waals surface area contributed by atoms with Crippen LogP contribution in [0.4, 0.5) is 0 Å². The molecule has 0 aromatic heterocycles. The van der Waals surface area contributed by atoms with Gasteiger partial charge in [-0.25, -0.2) is 0 Å². The third kappa shape index (κ3) is 6.05. The summed E-state index contributed by atoms with van der Waals surface area (Å²) in [5, 5.41) is 2.85. The van der Waals surface area contributed by atoms with E-state index in [0.29, 0.717) is 24.8 Å². The van der Waals surface area contributed by atoms with Gasteiger partial charge >= 0.3 is 0 Å². The maximum Gasteiger partial charge on any atom is 0.222 e. The zero-order chi connectivity index (χ0) is 14.3. The fraction of sp³-hybridized carbons (Fsp3) is 0.857. The van der Waals surface area contributed by atoms with E-state index in [4.69, 9.17) is 5.73 Å². The molecule has 3 N–H and O–H groups in total. The number of rotatable bonds is 6. The van der Waals surface area contributed by atoms with Gasteiger partial charge in [0, 0.05) is 33.0 Å². The topological polar surface area (TPSA) is 75.4 Å². The second-order valence-corrected chi connectivity index (χ2v) is 5.64. The molecule has 0 aromatic rings. The van der Waals surface area contributed by atoms with Crippen LogP contribution in [0, 0.1) is 11.8 Å². The molecule has 1 rings (SSSR count). The number of carbonyl (C=O) groups is 2. The number of nitrogens with one attached hydrogen (secondary N) is 1. The maximum atomic E-state index is 12.0. The van der Waals surface area contributed by atoms with Gasteiger partial charge in [0.15, 0.2) is 0 Å². The number of amides is 2. The number of nitrogens with two attached hydrogens (primary N) is 1. The summed E-state index contributed by atoms with van der Waals surface area (Å²) in [6, 6.07) is 0. The zero-order valence-electron chi connectivity index (χ0n) is 12.2. The van der Waals surface area contributed by atoms with Gasteiger partial charge in [-0.2, -0.15) is 0 Å². The minimum Gasteiger partial charge on any atom is -0.356 e. The van der Waals surface area contributed by atoms with E-state index in [-0.39, 0.29) is 11.8 Å². The Morgan fingerprint density at radius 1 is 1.37 bits per heavy atom. The van der Waals surface area contributed by atoms with E-state index in [1.165, 1.54) is 6.92 Å². The SMILES string of the molecule is CC(=O)NCC1CCN(C(=O)CCC(C)CN)CC1. The molecule has 1 saturated heterocycles. The van der Waals surface area contributed by atoms with E-state index >= 15 is 0 Å². The lowest BCUT2D eigenvalue weighted by Gasteiger charge is -2.32. The molecule has 0 radical (unpaired) electrons. The van der Waals surface area contributed by atoms with Crippen molar-refractivity contribution in [1.82, 2.24) is 10.2 Å². The predicted molar refractivity (Wildman–Crippen MR) is 75.4 cm³/mol. The molecule has 0 aliphatic carbocycles. The average molecular weight is 269 g/mol. The van der Waals surface area contributed by atoms with E-state index in [9.17, 15) is 9.59 Å². The summed E-state index contributed by atoms with van der Waals surface area (Å²) in [5.74, 6) is 1.20.